The number of carbonyl (C=O) groups excluding carboxylic acids is 2. The van der Waals surface area contributed by atoms with E-state index < -0.39 is 12.1 Å². The molecular weight excluding hydrogens is 923 g/mol. The van der Waals surface area contributed by atoms with Gasteiger partial charge in [0.1, 0.15) is 0 Å². The number of hydrogen-bond acceptors (Lipinski definition) is 5. The minimum Gasteiger partial charge on any atom is -0.466 e. The monoisotopic (exact) mass is 1060 g/mol. The van der Waals surface area contributed by atoms with Crippen molar-refractivity contribution >= 4 is 11.9 Å². The van der Waals surface area contributed by atoms with Gasteiger partial charge >= 0.3 is 5.97 Å². The van der Waals surface area contributed by atoms with Gasteiger partial charge in [-0.25, -0.2) is 0 Å². The number of esters is 1. The van der Waals surface area contributed by atoms with Crippen molar-refractivity contribution in [2.45, 2.75) is 392 Å². The average molecular weight is 1060 g/mol. The van der Waals surface area contributed by atoms with Crippen molar-refractivity contribution in [2.24, 2.45) is 0 Å². The summed E-state index contributed by atoms with van der Waals surface area (Å²) >= 11 is 0. The fraction of sp³-hybridized carbons (Fsp3) is 0.913. The van der Waals surface area contributed by atoms with Crippen molar-refractivity contribution in [1.29, 1.82) is 0 Å². The molecule has 0 aliphatic heterocycles. The molecular formula is C69H133NO5. The lowest BCUT2D eigenvalue weighted by Gasteiger charge is -2.22. The van der Waals surface area contributed by atoms with Gasteiger partial charge in [0.25, 0.3) is 0 Å². The second kappa shape index (κ2) is 64.9. The minimum absolute atomic E-state index is 0.00684. The van der Waals surface area contributed by atoms with Crippen LogP contribution in [-0.4, -0.2) is 47.4 Å². The number of ether oxygens (including phenoxy) is 1. The van der Waals surface area contributed by atoms with Crippen LogP contribution in [0.15, 0.2) is 24.3 Å². The Morgan fingerprint density at radius 2 is 0.627 bits per heavy atom. The van der Waals surface area contributed by atoms with E-state index in [1.54, 1.807) is 0 Å². The Bertz CT molecular complexity index is 1170. The van der Waals surface area contributed by atoms with Crippen LogP contribution in [-0.2, 0) is 14.3 Å². The molecule has 1 amide bonds. The largest absolute Gasteiger partial charge is 0.466 e. The Kier molecular flexibility index (Phi) is 63.4. The minimum atomic E-state index is -0.664. The maximum Gasteiger partial charge on any atom is 0.305 e. The van der Waals surface area contributed by atoms with Crippen molar-refractivity contribution in [1.82, 2.24) is 5.32 Å². The molecule has 0 aliphatic carbocycles. The fourth-order valence-electron chi connectivity index (χ4n) is 10.7. The molecule has 0 spiro atoms. The number of hydrogen-bond donors (Lipinski definition) is 3. The van der Waals surface area contributed by atoms with E-state index in [0.29, 0.717) is 25.9 Å². The van der Waals surface area contributed by atoms with Gasteiger partial charge in [-0.2, -0.15) is 0 Å². The molecule has 0 radical (unpaired) electrons. The number of rotatable bonds is 64. The summed E-state index contributed by atoms with van der Waals surface area (Å²) in [6, 6.07) is -0.541. The number of aliphatic hydroxyl groups excluding tert-OH is 2. The molecule has 0 aliphatic rings. The van der Waals surface area contributed by atoms with Crippen molar-refractivity contribution in [3.8, 4) is 0 Å². The van der Waals surface area contributed by atoms with E-state index in [1.807, 2.05) is 0 Å². The molecule has 0 saturated carbocycles. The van der Waals surface area contributed by atoms with Crippen LogP contribution in [0.4, 0.5) is 0 Å². The first-order valence-corrected chi connectivity index (χ1v) is 34.1. The fourth-order valence-corrected chi connectivity index (χ4v) is 10.7. The lowest BCUT2D eigenvalue weighted by atomic mass is 10.0. The average Bonchev–Trinajstić information content (AvgIpc) is 3.41. The van der Waals surface area contributed by atoms with Gasteiger partial charge in [-0.1, -0.05) is 314 Å². The van der Waals surface area contributed by atoms with Crippen LogP contribution in [0.1, 0.15) is 380 Å². The van der Waals surface area contributed by atoms with Gasteiger partial charge in [-0.05, 0) is 77.0 Å². The number of nitrogens with one attached hydrogen (secondary N) is 1. The number of allylic oxidation sites excluding steroid dienone is 4. The highest BCUT2D eigenvalue weighted by molar-refractivity contribution is 5.76. The van der Waals surface area contributed by atoms with E-state index in [2.05, 4.69) is 43.5 Å². The zero-order chi connectivity index (χ0) is 54.3. The van der Waals surface area contributed by atoms with E-state index in [9.17, 15) is 19.8 Å². The van der Waals surface area contributed by atoms with Crippen LogP contribution < -0.4 is 5.32 Å². The van der Waals surface area contributed by atoms with Gasteiger partial charge in [0.05, 0.1) is 25.4 Å². The molecule has 0 bridgehead atoms. The summed E-state index contributed by atoms with van der Waals surface area (Å²) in [6.45, 7) is 4.96. The maximum absolute atomic E-state index is 12.5. The molecule has 2 unspecified atom stereocenters. The normalized spacial score (nSPS) is 12.6. The van der Waals surface area contributed by atoms with Gasteiger partial charge in [0.2, 0.25) is 5.91 Å². The Morgan fingerprint density at radius 3 is 0.973 bits per heavy atom. The van der Waals surface area contributed by atoms with Gasteiger partial charge in [0.15, 0.2) is 0 Å². The molecule has 6 heteroatoms. The van der Waals surface area contributed by atoms with Gasteiger partial charge < -0.3 is 20.3 Å². The smallest absolute Gasteiger partial charge is 0.305 e. The highest BCUT2D eigenvalue weighted by Gasteiger charge is 2.20. The number of aliphatic hydroxyl groups is 2. The standard InChI is InChI=1S/C69H133NO5/c1-3-5-7-9-11-13-15-17-18-32-35-38-41-45-49-53-57-61-67(72)66(65-71)70-68(73)62-58-54-50-46-42-39-36-33-30-28-26-24-22-20-19-21-23-25-27-29-31-34-37-40-44-48-52-56-60-64-75-69(74)63-59-55-51-47-43-16-14-12-10-8-6-4-2/h12,14,19,21,66-67,71-72H,3-11,13,15-18,20,22-65H2,1-2H3,(H,70,73)/b14-12-,21-19-. The second-order valence-corrected chi connectivity index (χ2v) is 23.5. The molecule has 0 heterocycles. The van der Waals surface area contributed by atoms with Crippen LogP contribution in [0, 0.1) is 0 Å². The van der Waals surface area contributed by atoms with Crippen molar-refractivity contribution in [2.75, 3.05) is 13.2 Å². The number of carbonyl (C=O) groups is 2. The first-order valence-electron chi connectivity index (χ1n) is 34.1. The molecule has 0 saturated heterocycles. The molecule has 0 aromatic heterocycles. The third-order valence-corrected chi connectivity index (χ3v) is 16.0. The van der Waals surface area contributed by atoms with Crippen molar-refractivity contribution < 1.29 is 24.5 Å². The first-order chi connectivity index (χ1) is 37.0. The van der Waals surface area contributed by atoms with Crippen LogP contribution in [0.3, 0.4) is 0 Å². The highest BCUT2D eigenvalue weighted by Crippen LogP contribution is 2.18. The van der Waals surface area contributed by atoms with Crippen molar-refractivity contribution in [3.05, 3.63) is 24.3 Å². The summed E-state index contributed by atoms with van der Waals surface area (Å²) < 4.78 is 5.47. The maximum atomic E-state index is 12.5. The van der Waals surface area contributed by atoms with E-state index in [0.717, 1.165) is 44.9 Å². The van der Waals surface area contributed by atoms with Gasteiger partial charge in [0, 0.05) is 12.8 Å². The van der Waals surface area contributed by atoms with E-state index >= 15 is 0 Å². The summed E-state index contributed by atoms with van der Waals surface area (Å²) in [5, 5.41) is 23.4. The molecule has 6 nitrogen and oxygen atoms in total. The summed E-state index contributed by atoms with van der Waals surface area (Å²) in [7, 11) is 0. The van der Waals surface area contributed by atoms with Gasteiger partial charge in [-0.15, -0.1) is 0 Å². The van der Waals surface area contributed by atoms with Crippen LogP contribution in [0.2, 0.25) is 0 Å². The predicted molar refractivity (Wildman–Crippen MR) is 329 cm³/mol. The zero-order valence-corrected chi connectivity index (χ0v) is 50.8. The van der Waals surface area contributed by atoms with E-state index in [4.69, 9.17) is 4.74 Å². The number of unbranched alkanes of at least 4 members (excludes halogenated alkanes) is 49. The third kappa shape index (κ3) is 61.4. The summed E-state index contributed by atoms with van der Waals surface area (Å²) in [5.74, 6) is -0.0240. The zero-order valence-electron chi connectivity index (χ0n) is 50.8. The molecule has 444 valence electrons. The van der Waals surface area contributed by atoms with E-state index in [1.165, 1.54) is 302 Å². The molecule has 75 heavy (non-hydrogen) atoms. The molecule has 0 rings (SSSR count). The Morgan fingerprint density at radius 1 is 0.360 bits per heavy atom. The van der Waals surface area contributed by atoms with Crippen molar-refractivity contribution in [3.63, 3.8) is 0 Å². The predicted octanol–water partition coefficient (Wildman–Crippen LogP) is 21.8. The molecule has 0 aromatic carbocycles. The summed E-state index contributed by atoms with van der Waals surface area (Å²) in [6.07, 6.45) is 80.7. The topological polar surface area (TPSA) is 95.9 Å². The molecule has 3 N–H and O–H groups in total. The Hall–Kier alpha value is -1.66. The van der Waals surface area contributed by atoms with Gasteiger partial charge in [-0.3, -0.25) is 9.59 Å². The quantitative estimate of drug-likeness (QED) is 0.0320. The Balaban J connectivity index is 3.37. The summed E-state index contributed by atoms with van der Waals surface area (Å²) in [5.41, 5.74) is 0. The SMILES string of the molecule is CCCCC/C=C\CCCCCCCC(=O)OCCCCCCCCCCCCCC/C=C\CCCCCCCCCCCCCCCC(=O)NC(CO)C(O)CCCCCCCCCCCCCCCCCCC. The first kappa shape index (κ1) is 73.3. The number of amides is 1. The van der Waals surface area contributed by atoms with E-state index in [-0.39, 0.29) is 18.5 Å². The summed E-state index contributed by atoms with van der Waals surface area (Å²) in [4.78, 5) is 24.5. The molecule has 0 fully saturated rings. The molecule has 2 atom stereocenters. The molecule has 0 aromatic rings. The second-order valence-electron chi connectivity index (χ2n) is 23.5. The van der Waals surface area contributed by atoms with Crippen LogP contribution in [0.5, 0.6) is 0 Å². The van der Waals surface area contributed by atoms with Crippen LogP contribution >= 0.6 is 0 Å². The third-order valence-electron chi connectivity index (χ3n) is 16.0. The lowest BCUT2D eigenvalue weighted by molar-refractivity contribution is -0.143. The van der Waals surface area contributed by atoms with Crippen LogP contribution in [0.25, 0.3) is 0 Å². The lowest BCUT2D eigenvalue weighted by Crippen LogP contribution is -2.45. The Labute approximate surface area is 469 Å². The highest BCUT2D eigenvalue weighted by atomic mass is 16.5.